The molecule has 0 spiro atoms. The first-order chi connectivity index (χ1) is 8.72. The Labute approximate surface area is 109 Å². The summed E-state index contributed by atoms with van der Waals surface area (Å²) in [6.07, 6.45) is 2.05. The number of rotatable bonds is 4. The van der Waals surface area contributed by atoms with Crippen LogP contribution in [0.2, 0.25) is 0 Å². The molecule has 0 amide bonds. The van der Waals surface area contributed by atoms with Gasteiger partial charge in [-0.2, -0.15) is 0 Å². The number of nitrogen functional groups attached to an aromatic ring is 1. The maximum atomic E-state index is 5.83. The maximum Gasteiger partial charge on any atom is 0.134 e. The Morgan fingerprint density at radius 3 is 2.50 bits per heavy atom. The standard InChI is InChI=1S/C13H23N5/c1-3-5-17-6-8-18(9-7-17)13-10-11(14)15-12(4-2)16-13/h10H,3-9H2,1-2H3,(H2,14,15,16). The van der Waals surface area contributed by atoms with Crippen molar-refractivity contribution in [3.05, 3.63) is 11.9 Å². The van der Waals surface area contributed by atoms with Crippen LogP contribution in [0.3, 0.4) is 0 Å². The average molecular weight is 249 g/mol. The molecular weight excluding hydrogens is 226 g/mol. The van der Waals surface area contributed by atoms with Gasteiger partial charge in [-0.3, -0.25) is 4.90 Å². The van der Waals surface area contributed by atoms with Gasteiger partial charge in [-0.05, 0) is 13.0 Å². The van der Waals surface area contributed by atoms with Gasteiger partial charge in [-0.1, -0.05) is 13.8 Å². The fourth-order valence-corrected chi connectivity index (χ4v) is 2.34. The molecule has 0 radical (unpaired) electrons. The highest BCUT2D eigenvalue weighted by Crippen LogP contribution is 2.16. The van der Waals surface area contributed by atoms with Gasteiger partial charge in [0.15, 0.2) is 0 Å². The maximum absolute atomic E-state index is 5.83. The molecule has 0 bridgehead atoms. The van der Waals surface area contributed by atoms with Crippen LogP contribution in [0.25, 0.3) is 0 Å². The van der Waals surface area contributed by atoms with Gasteiger partial charge in [0.25, 0.3) is 0 Å². The van der Waals surface area contributed by atoms with Gasteiger partial charge in [0.1, 0.15) is 17.5 Å². The van der Waals surface area contributed by atoms with Crippen LogP contribution in [0.5, 0.6) is 0 Å². The van der Waals surface area contributed by atoms with E-state index < -0.39 is 0 Å². The topological polar surface area (TPSA) is 58.3 Å². The van der Waals surface area contributed by atoms with Gasteiger partial charge < -0.3 is 10.6 Å². The highest BCUT2D eigenvalue weighted by atomic mass is 15.3. The highest BCUT2D eigenvalue weighted by molar-refractivity contribution is 5.47. The summed E-state index contributed by atoms with van der Waals surface area (Å²) >= 11 is 0. The molecular formula is C13H23N5. The van der Waals surface area contributed by atoms with Crippen LogP contribution in [-0.2, 0) is 6.42 Å². The molecule has 2 heterocycles. The van der Waals surface area contributed by atoms with Crippen LogP contribution in [0.1, 0.15) is 26.1 Å². The SMILES string of the molecule is CCCN1CCN(c2cc(N)nc(CC)n2)CC1. The molecule has 5 nitrogen and oxygen atoms in total. The number of anilines is 2. The summed E-state index contributed by atoms with van der Waals surface area (Å²) in [5.74, 6) is 2.39. The molecule has 100 valence electrons. The molecule has 0 atom stereocenters. The first kappa shape index (κ1) is 13.1. The molecule has 1 aliphatic heterocycles. The number of piperazine rings is 1. The van der Waals surface area contributed by atoms with E-state index in [0.717, 1.165) is 44.2 Å². The van der Waals surface area contributed by atoms with Crippen LogP contribution in [0.4, 0.5) is 11.6 Å². The Morgan fingerprint density at radius 2 is 1.89 bits per heavy atom. The smallest absolute Gasteiger partial charge is 0.134 e. The summed E-state index contributed by atoms with van der Waals surface area (Å²) in [4.78, 5) is 13.6. The quantitative estimate of drug-likeness (QED) is 0.867. The Morgan fingerprint density at radius 1 is 1.17 bits per heavy atom. The largest absolute Gasteiger partial charge is 0.384 e. The predicted octanol–water partition coefficient (Wildman–Crippen LogP) is 1.15. The van der Waals surface area contributed by atoms with Crippen LogP contribution < -0.4 is 10.6 Å². The van der Waals surface area contributed by atoms with E-state index in [1.54, 1.807) is 0 Å². The fourth-order valence-electron chi connectivity index (χ4n) is 2.34. The second kappa shape index (κ2) is 6.00. The minimum atomic E-state index is 0.577. The molecule has 0 aromatic carbocycles. The van der Waals surface area contributed by atoms with Crippen molar-refractivity contribution in [2.75, 3.05) is 43.4 Å². The van der Waals surface area contributed by atoms with E-state index >= 15 is 0 Å². The van der Waals surface area contributed by atoms with Crippen molar-refractivity contribution in [3.8, 4) is 0 Å². The Hall–Kier alpha value is -1.36. The zero-order valence-electron chi connectivity index (χ0n) is 11.4. The molecule has 5 heteroatoms. The second-order valence-electron chi connectivity index (χ2n) is 4.75. The lowest BCUT2D eigenvalue weighted by atomic mass is 10.3. The van der Waals surface area contributed by atoms with E-state index in [0.29, 0.717) is 5.82 Å². The van der Waals surface area contributed by atoms with Crippen molar-refractivity contribution >= 4 is 11.6 Å². The second-order valence-corrected chi connectivity index (χ2v) is 4.75. The summed E-state index contributed by atoms with van der Waals surface area (Å²) in [5.41, 5.74) is 5.83. The van der Waals surface area contributed by atoms with Gasteiger partial charge in [0.05, 0.1) is 0 Å². The van der Waals surface area contributed by atoms with E-state index in [2.05, 4.69) is 33.6 Å². The third-order valence-corrected chi connectivity index (χ3v) is 3.33. The van der Waals surface area contributed by atoms with Gasteiger partial charge in [0.2, 0.25) is 0 Å². The van der Waals surface area contributed by atoms with Crippen molar-refractivity contribution in [1.29, 1.82) is 0 Å². The summed E-state index contributed by atoms with van der Waals surface area (Å²) < 4.78 is 0. The molecule has 0 unspecified atom stereocenters. The van der Waals surface area contributed by atoms with Gasteiger partial charge in [0, 0.05) is 38.7 Å². The van der Waals surface area contributed by atoms with E-state index in [9.17, 15) is 0 Å². The molecule has 1 aliphatic rings. The molecule has 1 fully saturated rings. The van der Waals surface area contributed by atoms with Crippen LogP contribution in [0.15, 0.2) is 6.07 Å². The summed E-state index contributed by atoms with van der Waals surface area (Å²) in [6.45, 7) is 9.75. The van der Waals surface area contributed by atoms with Crippen molar-refractivity contribution in [3.63, 3.8) is 0 Å². The van der Waals surface area contributed by atoms with E-state index in [4.69, 9.17) is 5.73 Å². The third-order valence-electron chi connectivity index (χ3n) is 3.33. The Balaban J connectivity index is 2.02. The fraction of sp³-hybridized carbons (Fsp3) is 0.692. The van der Waals surface area contributed by atoms with Gasteiger partial charge in [-0.25, -0.2) is 9.97 Å². The summed E-state index contributed by atoms with van der Waals surface area (Å²) in [5, 5.41) is 0. The zero-order valence-corrected chi connectivity index (χ0v) is 11.4. The molecule has 1 saturated heterocycles. The van der Waals surface area contributed by atoms with Crippen LogP contribution in [-0.4, -0.2) is 47.6 Å². The first-order valence-electron chi connectivity index (χ1n) is 6.83. The van der Waals surface area contributed by atoms with Crippen molar-refractivity contribution in [1.82, 2.24) is 14.9 Å². The van der Waals surface area contributed by atoms with Gasteiger partial charge in [-0.15, -0.1) is 0 Å². The summed E-state index contributed by atoms with van der Waals surface area (Å²) in [6, 6.07) is 1.88. The molecule has 1 aromatic heterocycles. The normalized spacial score (nSPS) is 17.1. The lowest BCUT2D eigenvalue weighted by Gasteiger charge is -2.35. The number of aromatic nitrogens is 2. The van der Waals surface area contributed by atoms with E-state index in [1.165, 1.54) is 13.0 Å². The molecule has 0 saturated carbocycles. The molecule has 1 aromatic rings. The number of hydrogen-bond acceptors (Lipinski definition) is 5. The van der Waals surface area contributed by atoms with Crippen molar-refractivity contribution < 1.29 is 0 Å². The van der Waals surface area contributed by atoms with Crippen LogP contribution in [0, 0.1) is 0 Å². The minimum absolute atomic E-state index is 0.577. The number of nitrogens with two attached hydrogens (primary N) is 1. The van der Waals surface area contributed by atoms with Crippen molar-refractivity contribution in [2.45, 2.75) is 26.7 Å². The Bertz CT molecular complexity index is 385. The third kappa shape index (κ3) is 3.10. The van der Waals surface area contributed by atoms with E-state index in [-0.39, 0.29) is 0 Å². The number of hydrogen-bond donors (Lipinski definition) is 1. The molecule has 18 heavy (non-hydrogen) atoms. The van der Waals surface area contributed by atoms with Crippen LogP contribution >= 0.6 is 0 Å². The van der Waals surface area contributed by atoms with Gasteiger partial charge >= 0.3 is 0 Å². The predicted molar refractivity (Wildman–Crippen MR) is 74.8 cm³/mol. The summed E-state index contributed by atoms with van der Waals surface area (Å²) in [7, 11) is 0. The number of aryl methyl sites for hydroxylation is 1. The lowest BCUT2D eigenvalue weighted by Crippen LogP contribution is -2.46. The zero-order chi connectivity index (χ0) is 13.0. The number of nitrogens with zero attached hydrogens (tertiary/aromatic N) is 4. The average Bonchev–Trinajstić information content (AvgIpc) is 2.39. The van der Waals surface area contributed by atoms with E-state index in [1.807, 2.05) is 6.07 Å². The highest BCUT2D eigenvalue weighted by Gasteiger charge is 2.18. The molecule has 2 rings (SSSR count). The minimum Gasteiger partial charge on any atom is -0.384 e. The monoisotopic (exact) mass is 249 g/mol. The molecule has 0 aliphatic carbocycles. The van der Waals surface area contributed by atoms with Crippen molar-refractivity contribution in [2.24, 2.45) is 0 Å². The lowest BCUT2D eigenvalue weighted by molar-refractivity contribution is 0.258. The Kier molecular flexibility index (Phi) is 4.36. The molecule has 2 N–H and O–H groups in total. The first-order valence-corrected chi connectivity index (χ1v) is 6.83.